The molecule has 0 fully saturated rings. The number of ether oxygens (including phenoxy) is 1. The van der Waals surface area contributed by atoms with Crippen LogP contribution in [0.15, 0.2) is 54.2 Å². The first-order valence-corrected chi connectivity index (χ1v) is 8.54. The Hall–Kier alpha value is -3.57. The molecule has 0 spiro atoms. The molecular weight excluding hydrogens is 384 g/mol. The lowest BCUT2D eigenvalue weighted by atomic mass is 10.1. The SMILES string of the molecule is COc1cccc(CCN/C=C(/C#N)C(=O)Nc2ccc(Cl)c([N+](=O)[O-])c2)c1. The van der Waals surface area contributed by atoms with Gasteiger partial charge in [-0.05, 0) is 36.2 Å². The number of anilines is 1. The number of nitriles is 1. The standard InChI is InChI=1S/C19H17ClN4O4/c1-28-16-4-2-3-13(9-16)7-8-22-12-14(11-21)19(25)23-15-5-6-17(20)18(10-15)24(26)27/h2-6,9-10,12,22H,7-8H2,1H3,(H,23,25)/b14-12-. The first kappa shape index (κ1) is 20.7. The molecule has 2 aromatic rings. The average molecular weight is 401 g/mol. The quantitative estimate of drug-likeness (QED) is 0.230. The minimum absolute atomic E-state index is 0.0433. The van der Waals surface area contributed by atoms with E-state index < -0.39 is 10.8 Å². The van der Waals surface area contributed by atoms with Gasteiger partial charge < -0.3 is 15.4 Å². The molecule has 8 nitrogen and oxygen atoms in total. The highest BCUT2D eigenvalue weighted by atomic mass is 35.5. The van der Waals surface area contributed by atoms with E-state index >= 15 is 0 Å². The third-order valence-corrected chi connectivity index (χ3v) is 4.02. The van der Waals surface area contributed by atoms with Crippen molar-refractivity contribution in [2.24, 2.45) is 0 Å². The van der Waals surface area contributed by atoms with Crippen LogP contribution >= 0.6 is 11.6 Å². The van der Waals surface area contributed by atoms with Gasteiger partial charge in [0.15, 0.2) is 0 Å². The van der Waals surface area contributed by atoms with Crippen LogP contribution in [0.4, 0.5) is 11.4 Å². The van der Waals surface area contributed by atoms with Gasteiger partial charge in [0, 0.05) is 24.5 Å². The lowest BCUT2D eigenvalue weighted by Crippen LogP contribution is -2.18. The van der Waals surface area contributed by atoms with E-state index in [0.29, 0.717) is 13.0 Å². The summed E-state index contributed by atoms with van der Waals surface area (Å²) < 4.78 is 5.16. The number of nitrogens with zero attached hydrogens (tertiary/aromatic N) is 2. The molecule has 0 aromatic heterocycles. The molecule has 0 bridgehead atoms. The molecule has 144 valence electrons. The highest BCUT2D eigenvalue weighted by Crippen LogP contribution is 2.27. The van der Waals surface area contributed by atoms with Crippen LogP contribution in [-0.2, 0) is 11.2 Å². The molecule has 2 rings (SSSR count). The average Bonchev–Trinajstić information content (AvgIpc) is 2.69. The number of nitrogens with one attached hydrogen (secondary N) is 2. The maximum absolute atomic E-state index is 12.2. The van der Waals surface area contributed by atoms with Crippen LogP contribution in [-0.4, -0.2) is 24.5 Å². The zero-order chi connectivity index (χ0) is 20.5. The molecule has 0 atom stereocenters. The van der Waals surface area contributed by atoms with Crippen LogP contribution in [0.2, 0.25) is 5.02 Å². The number of rotatable bonds is 8. The zero-order valence-corrected chi connectivity index (χ0v) is 15.7. The lowest BCUT2D eigenvalue weighted by molar-refractivity contribution is -0.384. The summed E-state index contributed by atoms with van der Waals surface area (Å²) in [6.07, 6.45) is 1.97. The van der Waals surface area contributed by atoms with Gasteiger partial charge in [-0.2, -0.15) is 5.26 Å². The molecule has 0 saturated carbocycles. The minimum Gasteiger partial charge on any atom is -0.497 e. The molecule has 1 amide bonds. The van der Waals surface area contributed by atoms with Gasteiger partial charge in [-0.1, -0.05) is 23.7 Å². The summed E-state index contributed by atoms with van der Waals surface area (Å²) in [6, 6.07) is 13.2. The second kappa shape index (κ2) is 9.94. The van der Waals surface area contributed by atoms with Crippen LogP contribution in [0, 0.1) is 21.4 Å². The maximum Gasteiger partial charge on any atom is 0.289 e. The number of benzene rings is 2. The summed E-state index contributed by atoms with van der Waals surface area (Å²) in [4.78, 5) is 22.5. The summed E-state index contributed by atoms with van der Waals surface area (Å²) >= 11 is 5.74. The molecule has 0 aliphatic carbocycles. The first-order valence-electron chi connectivity index (χ1n) is 8.16. The Morgan fingerprint density at radius 3 is 2.82 bits per heavy atom. The Morgan fingerprint density at radius 1 is 1.36 bits per heavy atom. The Labute approximate surface area is 166 Å². The Balaban J connectivity index is 1.96. The third-order valence-electron chi connectivity index (χ3n) is 3.70. The summed E-state index contributed by atoms with van der Waals surface area (Å²) in [6.45, 7) is 0.498. The van der Waals surface area contributed by atoms with Crippen LogP contribution in [0.25, 0.3) is 0 Å². The van der Waals surface area contributed by atoms with E-state index in [-0.39, 0.29) is 22.0 Å². The van der Waals surface area contributed by atoms with Crippen molar-refractivity contribution < 1.29 is 14.5 Å². The van der Waals surface area contributed by atoms with Crippen molar-refractivity contribution in [1.82, 2.24) is 5.32 Å². The molecule has 2 N–H and O–H groups in total. The van der Waals surface area contributed by atoms with Gasteiger partial charge in [0.1, 0.15) is 22.4 Å². The van der Waals surface area contributed by atoms with Gasteiger partial charge in [0.25, 0.3) is 11.6 Å². The van der Waals surface area contributed by atoms with Crippen LogP contribution < -0.4 is 15.4 Å². The molecule has 0 unspecified atom stereocenters. The van der Waals surface area contributed by atoms with Gasteiger partial charge in [0.2, 0.25) is 0 Å². The number of nitro groups is 1. The van der Waals surface area contributed by atoms with E-state index in [1.54, 1.807) is 13.2 Å². The van der Waals surface area contributed by atoms with E-state index in [1.165, 1.54) is 18.3 Å². The molecule has 2 aromatic carbocycles. The number of nitro benzene ring substituents is 1. The second-order valence-corrected chi connectivity index (χ2v) is 6.01. The van der Waals surface area contributed by atoms with E-state index in [4.69, 9.17) is 16.3 Å². The summed E-state index contributed by atoms with van der Waals surface area (Å²) in [5, 5.41) is 25.4. The van der Waals surface area contributed by atoms with Crippen molar-refractivity contribution in [3.05, 3.63) is 74.9 Å². The second-order valence-electron chi connectivity index (χ2n) is 5.60. The van der Waals surface area contributed by atoms with Gasteiger partial charge >= 0.3 is 0 Å². The van der Waals surface area contributed by atoms with Crippen LogP contribution in [0.5, 0.6) is 5.75 Å². The Morgan fingerprint density at radius 2 is 2.14 bits per heavy atom. The highest BCUT2D eigenvalue weighted by molar-refractivity contribution is 6.32. The smallest absolute Gasteiger partial charge is 0.289 e. The lowest BCUT2D eigenvalue weighted by Gasteiger charge is -2.07. The van der Waals surface area contributed by atoms with Crippen molar-refractivity contribution >= 4 is 28.9 Å². The summed E-state index contributed by atoms with van der Waals surface area (Å²) in [5.41, 5.74) is 0.705. The fraction of sp³-hybridized carbons (Fsp3) is 0.158. The van der Waals surface area contributed by atoms with Gasteiger partial charge in [-0.3, -0.25) is 14.9 Å². The van der Waals surface area contributed by atoms with Crippen molar-refractivity contribution in [1.29, 1.82) is 5.26 Å². The van der Waals surface area contributed by atoms with Crippen molar-refractivity contribution in [3.63, 3.8) is 0 Å². The monoisotopic (exact) mass is 400 g/mol. The fourth-order valence-corrected chi connectivity index (χ4v) is 2.48. The summed E-state index contributed by atoms with van der Waals surface area (Å²) in [5.74, 6) is 0.0650. The number of halogens is 1. The molecule has 28 heavy (non-hydrogen) atoms. The minimum atomic E-state index is -0.687. The topological polar surface area (TPSA) is 117 Å². The molecule has 0 aliphatic rings. The molecule has 0 saturated heterocycles. The van der Waals surface area contributed by atoms with Crippen molar-refractivity contribution in [3.8, 4) is 11.8 Å². The number of hydrogen-bond acceptors (Lipinski definition) is 6. The first-order chi connectivity index (χ1) is 13.4. The number of carbonyl (C=O) groups is 1. The fourth-order valence-electron chi connectivity index (χ4n) is 2.30. The zero-order valence-electron chi connectivity index (χ0n) is 14.9. The molecule has 9 heteroatoms. The van der Waals surface area contributed by atoms with E-state index in [2.05, 4.69) is 10.6 Å². The molecule has 0 radical (unpaired) electrons. The Bertz CT molecular complexity index is 953. The van der Waals surface area contributed by atoms with Gasteiger partial charge in [0.05, 0.1) is 12.0 Å². The summed E-state index contributed by atoms with van der Waals surface area (Å²) in [7, 11) is 1.59. The third kappa shape index (κ3) is 5.72. The normalized spacial score (nSPS) is 10.7. The molecule has 0 heterocycles. The molecular formula is C19H17ClN4O4. The number of methoxy groups -OCH3 is 1. The van der Waals surface area contributed by atoms with Crippen LogP contribution in [0.1, 0.15) is 5.56 Å². The number of carbonyl (C=O) groups excluding carboxylic acids is 1. The van der Waals surface area contributed by atoms with E-state index in [1.807, 2.05) is 24.3 Å². The number of hydrogen-bond donors (Lipinski definition) is 2. The number of amides is 1. The molecule has 0 aliphatic heterocycles. The predicted octanol–water partition coefficient (Wildman–Crippen LogP) is 3.44. The van der Waals surface area contributed by atoms with Gasteiger partial charge in [-0.25, -0.2) is 0 Å². The predicted molar refractivity (Wildman–Crippen MR) is 105 cm³/mol. The highest BCUT2D eigenvalue weighted by Gasteiger charge is 2.15. The van der Waals surface area contributed by atoms with Gasteiger partial charge in [-0.15, -0.1) is 0 Å². The van der Waals surface area contributed by atoms with E-state index in [9.17, 15) is 20.2 Å². The largest absolute Gasteiger partial charge is 0.497 e. The van der Waals surface area contributed by atoms with Crippen molar-refractivity contribution in [2.45, 2.75) is 6.42 Å². The maximum atomic E-state index is 12.2. The van der Waals surface area contributed by atoms with E-state index in [0.717, 1.165) is 17.4 Å². The van der Waals surface area contributed by atoms with Crippen molar-refractivity contribution in [2.75, 3.05) is 19.0 Å². The van der Waals surface area contributed by atoms with Crippen LogP contribution in [0.3, 0.4) is 0 Å². The Kier molecular flexibility index (Phi) is 7.37.